The van der Waals surface area contributed by atoms with Crippen LogP contribution in [0.25, 0.3) is 33.2 Å². The molecule has 5 rings (SSSR count). The molecular weight excluding hydrogens is 447 g/mol. The van der Waals surface area contributed by atoms with Crippen LogP contribution in [-0.4, -0.2) is 30.4 Å². The summed E-state index contributed by atoms with van der Waals surface area (Å²) in [6, 6.07) is 10.2. The Hall–Kier alpha value is -4.12. The molecule has 2 aromatic carbocycles. The second kappa shape index (κ2) is 7.48. The van der Waals surface area contributed by atoms with Gasteiger partial charge in [-0.1, -0.05) is 24.3 Å². The highest BCUT2D eigenvalue weighted by Gasteiger charge is 2.32. The quantitative estimate of drug-likeness (QED) is 0.377. The summed E-state index contributed by atoms with van der Waals surface area (Å²) in [4.78, 5) is 50.0. The highest BCUT2D eigenvalue weighted by molar-refractivity contribution is 7.14. The summed E-state index contributed by atoms with van der Waals surface area (Å²) in [6.45, 7) is 3.26. The van der Waals surface area contributed by atoms with Gasteiger partial charge in [0.2, 0.25) is 0 Å². The van der Waals surface area contributed by atoms with Crippen molar-refractivity contribution in [3.63, 3.8) is 0 Å². The van der Waals surface area contributed by atoms with Crippen LogP contribution in [0.2, 0.25) is 0 Å². The molecule has 0 fully saturated rings. The molecule has 0 saturated carbocycles. The van der Waals surface area contributed by atoms with Gasteiger partial charge in [-0.05, 0) is 31.4 Å². The van der Waals surface area contributed by atoms with Gasteiger partial charge >= 0.3 is 5.69 Å². The first-order valence-electron chi connectivity index (χ1n) is 9.90. The van der Waals surface area contributed by atoms with E-state index in [1.54, 1.807) is 37.4 Å². The summed E-state index contributed by atoms with van der Waals surface area (Å²) in [6.07, 6.45) is 1.33. The summed E-state index contributed by atoms with van der Waals surface area (Å²) >= 11 is 1.23. The van der Waals surface area contributed by atoms with Crippen LogP contribution in [0.5, 0.6) is 0 Å². The Morgan fingerprint density at radius 2 is 1.88 bits per heavy atom. The molecule has 3 heterocycles. The van der Waals surface area contributed by atoms with Gasteiger partial charge < -0.3 is 4.57 Å². The first kappa shape index (κ1) is 20.8. The van der Waals surface area contributed by atoms with Crippen LogP contribution in [0.4, 0.5) is 9.52 Å². The molecule has 0 aliphatic carbocycles. The zero-order valence-electron chi connectivity index (χ0n) is 17.5. The molecule has 9 nitrogen and oxygen atoms in total. The van der Waals surface area contributed by atoms with Crippen molar-refractivity contribution in [2.75, 3.05) is 5.32 Å². The highest BCUT2D eigenvalue weighted by Crippen LogP contribution is 2.33. The number of anilines is 1. The van der Waals surface area contributed by atoms with Crippen LogP contribution in [0, 0.1) is 5.82 Å². The molecule has 0 spiro atoms. The predicted octanol–water partition coefficient (Wildman–Crippen LogP) is 3.20. The summed E-state index contributed by atoms with van der Waals surface area (Å²) in [5, 5.41) is 6.13. The maximum Gasteiger partial charge on any atom is 0.327 e. The maximum atomic E-state index is 14.2. The van der Waals surface area contributed by atoms with E-state index in [1.807, 2.05) is 12.1 Å². The number of carbonyl (C=O) groups is 1. The summed E-state index contributed by atoms with van der Waals surface area (Å²) < 4.78 is 15.6. The molecule has 0 unspecified atom stereocenters. The van der Waals surface area contributed by atoms with E-state index in [4.69, 9.17) is 0 Å². The van der Waals surface area contributed by atoms with Crippen LogP contribution in [0.3, 0.4) is 0 Å². The molecule has 3 aromatic heterocycles. The van der Waals surface area contributed by atoms with Crippen LogP contribution in [0.15, 0.2) is 57.7 Å². The minimum atomic E-state index is -1.21. The van der Waals surface area contributed by atoms with Crippen molar-refractivity contribution in [3.8, 4) is 11.3 Å². The normalized spacial score (nSPS) is 11.8. The fourth-order valence-corrected chi connectivity index (χ4v) is 4.36. The fourth-order valence-electron chi connectivity index (χ4n) is 3.66. The number of aromatic nitrogens is 5. The summed E-state index contributed by atoms with van der Waals surface area (Å²) in [5.74, 6) is -0.739. The minimum absolute atomic E-state index is 0.0233. The molecule has 0 atom stereocenters. The lowest BCUT2D eigenvalue weighted by Gasteiger charge is -2.25. The maximum absolute atomic E-state index is 14.2. The van der Waals surface area contributed by atoms with E-state index < -0.39 is 22.7 Å². The molecule has 0 saturated heterocycles. The predicted molar refractivity (Wildman–Crippen MR) is 124 cm³/mol. The number of hydrogen-bond acceptors (Lipinski definition) is 6. The van der Waals surface area contributed by atoms with Gasteiger partial charge in [-0.25, -0.2) is 19.2 Å². The third kappa shape index (κ3) is 3.42. The number of nitrogens with zero attached hydrogens (tertiary/aromatic N) is 3. The van der Waals surface area contributed by atoms with Gasteiger partial charge in [0.1, 0.15) is 17.0 Å². The molecule has 3 N–H and O–H groups in total. The number of thiazole rings is 1. The molecule has 166 valence electrons. The molecule has 5 aromatic rings. The number of hydrogen-bond donors (Lipinski definition) is 3. The third-order valence-corrected chi connectivity index (χ3v) is 6.23. The van der Waals surface area contributed by atoms with E-state index in [1.165, 1.54) is 28.3 Å². The lowest BCUT2D eigenvalue weighted by molar-refractivity contribution is -0.122. The Balaban J connectivity index is 1.47. The molecular formula is C22H17FN6O3S. The molecule has 0 aliphatic heterocycles. The number of rotatable bonds is 4. The van der Waals surface area contributed by atoms with Gasteiger partial charge in [-0.3, -0.25) is 24.9 Å². The van der Waals surface area contributed by atoms with E-state index in [9.17, 15) is 18.8 Å². The second-order valence-corrected chi connectivity index (χ2v) is 8.77. The number of halogens is 1. The van der Waals surface area contributed by atoms with Crippen LogP contribution in [0.1, 0.15) is 13.8 Å². The third-order valence-electron chi connectivity index (χ3n) is 5.47. The number of carbonyl (C=O) groups excluding carboxylic acids is 1. The number of fused-ring (bicyclic) bond motifs is 2. The van der Waals surface area contributed by atoms with Gasteiger partial charge in [0, 0.05) is 16.3 Å². The van der Waals surface area contributed by atoms with Gasteiger partial charge in [0.25, 0.3) is 11.5 Å². The number of amides is 1. The largest absolute Gasteiger partial charge is 0.327 e. The fraction of sp³-hybridized carbons (Fsp3) is 0.136. The van der Waals surface area contributed by atoms with Gasteiger partial charge in [-0.15, -0.1) is 11.3 Å². The molecule has 0 radical (unpaired) electrons. The van der Waals surface area contributed by atoms with Gasteiger partial charge in [-0.2, -0.15) is 0 Å². The zero-order valence-corrected chi connectivity index (χ0v) is 18.3. The van der Waals surface area contributed by atoms with E-state index in [0.717, 1.165) is 10.9 Å². The summed E-state index contributed by atoms with van der Waals surface area (Å²) in [7, 11) is 0. The molecule has 33 heavy (non-hydrogen) atoms. The number of nitrogens with one attached hydrogen (secondary N) is 3. The second-order valence-electron chi connectivity index (χ2n) is 7.91. The average molecular weight is 464 g/mol. The Morgan fingerprint density at radius 3 is 2.67 bits per heavy atom. The van der Waals surface area contributed by atoms with Crippen molar-refractivity contribution < 1.29 is 9.18 Å². The monoisotopic (exact) mass is 464 g/mol. The van der Waals surface area contributed by atoms with E-state index in [0.29, 0.717) is 16.2 Å². The zero-order chi connectivity index (χ0) is 23.3. The Kier molecular flexibility index (Phi) is 4.71. The average Bonchev–Trinajstić information content (AvgIpc) is 3.42. The summed E-state index contributed by atoms with van der Waals surface area (Å²) in [5.41, 5.74) is -1.02. The smallest absolute Gasteiger partial charge is 0.302 e. The molecule has 11 heteroatoms. The van der Waals surface area contributed by atoms with Gasteiger partial charge in [0.15, 0.2) is 10.6 Å². The van der Waals surface area contributed by atoms with Crippen molar-refractivity contribution in [3.05, 3.63) is 74.8 Å². The first-order chi connectivity index (χ1) is 15.8. The van der Waals surface area contributed by atoms with Crippen LogP contribution in [-0.2, 0) is 10.3 Å². The van der Waals surface area contributed by atoms with Crippen molar-refractivity contribution in [2.45, 2.75) is 19.4 Å². The SMILES string of the molecule is CC(C)(C(=O)Nc1nc(-c2ccc(F)c3ccccc23)cs1)n1cnc2c(=O)[nH]c(=O)[nH]c21. The van der Waals surface area contributed by atoms with E-state index >= 15 is 0 Å². The van der Waals surface area contributed by atoms with E-state index in [2.05, 4.69) is 25.3 Å². The van der Waals surface area contributed by atoms with Crippen molar-refractivity contribution >= 4 is 44.3 Å². The Bertz CT molecular complexity index is 1660. The van der Waals surface area contributed by atoms with Crippen molar-refractivity contribution in [2.24, 2.45) is 0 Å². The molecule has 0 bridgehead atoms. The number of benzene rings is 2. The lowest BCUT2D eigenvalue weighted by Crippen LogP contribution is -2.40. The number of H-pyrrole nitrogens is 2. The topological polar surface area (TPSA) is 126 Å². The lowest BCUT2D eigenvalue weighted by atomic mass is 10.0. The van der Waals surface area contributed by atoms with Crippen LogP contribution >= 0.6 is 11.3 Å². The van der Waals surface area contributed by atoms with E-state index in [-0.39, 0.29) is 17.0 Å². The Morgan fingerprint density at radius 1 is 1.12 bits per heavy atom. The van der Waals surface area contributed by atoms with Crippen LogP contribution < -0.4 is 16.6 Å². The molecule has 0 aliphatic rings. The Labute approximate surface area is 189 Å². The standard InChI is InChI=1S/C22H17FN6O3S/c1-22(2,29-10-24-16-17(29)26-20(32)27-18(16)30)19(31)28-21-25-15(9-33-21)13-7-8-14(23)12-6-4-3-5-11(12)13/h3-10H,1-2H3,(H,25,28,31)(H2,26,27,30,32). The number of aromatic amines is 2. The number of imidazole rings is 1. The van der Waals surface area contributed by atoms with Gasteiger partial charge in [0.05, 0.1) is 12.0 Å². The van der Waals surface area contributed by atoms with Crippen molar-refractivity contribution in [1.29, 1.82) is 0 Å². The van der Waals surface area contributed by atoms with Crippen molar-refractivity contribution in [1.82, 2.24) is 24.5 Å². The minimum Gasteiger partial charge on any atom is -0.302 e. The first-order valence-corrected chi connectivity index (χ1v) is 10.8. The molecule has 1 amide bonds. The highest BCUT2D eigenvalue weighted by atomic mass is 32.1.